The molecule has 0 saturated heterocycles. The minimum absolute atomic E-state index is 0.104. The van der Waals surface area contributed by atoms with Crippen molar-refractivity contribution in [3.05, 3.63) is 35.9 Å². The number of phenolic OH excluding ortho intramolecular Hbond substituents is 1. The lowest BCUT2D eigenvalue weighted by atomic mass is 9.75. The first kappa shape index (κ1) is 18.0. The van der Waals surface area contributed by atoms with Crippen molar-refractivity contribution in [1.29, 1.82) is 0 Å². The average molecular weight is 336 g/mol. The van der Waals surface area contributed by atoms with Gasteiger partial charge in [-0.1, -0.05) is 19.1 Å². The van der Waals surface area contributed by atoms with E-state index in [9.17, 15) is 24.9 Å². The zero-order valence-corrected chi connectivity index (χ0v) is 13.1. The van der Waals surface area contributed by atoms with Gasteiger partial charge in [-0.25, -0.2) is 9.59 Å². The molecule has 0 aromatic heterocycles. The Bertz CT molecular complexity index is 637. The predicted octanol–water partition coefficient (Wildman–Crippen LogP) is 0.924. The summed E-state index contributed by atoms with van der Waals surface area (Å²) in [6.07, 6.45) is 0.0699. The van der Waals surface area contributed by atoms with E-state index in [2.05, 4.69) is 0 Å². The van der Waals surface area contributed by atoms with Gasteiger partial charge in [0.05, 0.1) is 6.10 Å². The van der Waals surface area contributed by atoms with Crippen LogP contribution in [-0.4, -0.2) is 50.2 Å². The molecule has 7 nitrogen and oxygen atoms in total. The summed E-state index contributed by atoms with van der Waals surface area (Å²) in [4.78, 5) is 23.1. The lowest BCUT2D eigenvalue weighted by Gasteiger charge is -2.40. The van der Waals surface area contributed by atoms with E-state index in [0.29, 0.717) is 5.56 Å². The zero-order chi connectivity index (χ0) is 17.9. The van der Waals surface area contributed by atoms with Crippen molar-refractivity contribution >= 4 is 18.0 Å². The molecule has 2 rings (SSSR count). The second-order valence-corrected chi connectivity index (χ2v) is 6.07. The van der Waals surface area contributed by atoms with E-state index in [1.54, 1.807) is 19.1 Å². The molecule has 0 heterocycles. The number of aliphatic hydroxyl groups is 2. The molecule has 4 atom stereocenters. The molecule has 0 bridgehead atoms. The number of benzene rings is 1. The van der Waals surface area contributed by atoms with E-state index in [4.69, 9.17) is 9.84 Å². The Balaban J connectivity index is 2.03. The molecule has 0 aliphatic heterocycles. The fourth-order valence-electron chi connectivity index (χ4n) is 2.64. The molecule has 7 heteroatoms. The minimum atomic E-state index is -2.11. The molecule has 1 aromatic rings. The molecule has 24 heavy (non-hydrogen) atoms. The van der Waals surface area contributed by atoms with Crippen LogP contribution in [0.3, 0.4) is 0 Å². The van der Waals surface area contributed by atoms with Gasteiger partial charge in [0.15, 0.2) is 5.60 Å². The first-order valence-corrected chi connectivity index (χ1v) is 7.53. The number of carboxylic acids is 1. The zero-order valence-electron chi connectivity index (χ0n) is 13.1. The van der Waals surface area contributed by atoms with Crippen molar-refractivity contribution in [2.24, 2.45) is 5.92 Å². The van der Waals surface area contributed by atoms with Crippen molar-refractivity contribution in [2.45, 2.75) is 37.6 Å². The molecule has 0 radical (unpaired) electrons. The largest absolute Gasteiger partial charge is 0.508 e. The number of phenols is 1. The van der Waals surface area contributed by atoms with Gasteiger partial charge in [-0.05, 0) is 23.8 Å². The number of hydrogen-bond donors (Lipinski definition) is 4. The molecule has 1 aliphatic rings. The normalized spacial score (nSPS) is 30.2. The van der Waals surface area contributed by atoms with Crippen LogP contribution in [0.4, 0.5) is 0 Å². The van der Waals surface area contributed by atoms with Crippen molar-refractivity contribution in [2.75, 3.05) is 0 Å². The summed E-state index contributed by atoms with van der Waals surface area (Å²) in [5, 5.41) is 38.3. The molecule has 4 N–H and O–H groups in total. The molecule has 1 fully saturated rings. The van der Waals surface area contributed by atoms with Gasteiger partial charge in [-0.3, -0.25) is 0 Å². The summed E-state index contributed by atoms with van der Waals surface area (Å²) in [5.41, 5.74) is -1.44. The molecule has 0 amide bonds. The number of carbonyl (C=O) groups is 2. The molecular weight excluding hydrogens is 316 g/mol. The van der Waals surface area contributed by atoms with Gasteiger partial charge in [-0.15, -0.1) is 0 Å². The molecule has 0 spiro atoms. The summed E-state index contributed by atoms with van der Waals surface area (Å²) in [6.45, 7) is 1.63. The molecule has 1 saturated carbocycles. The standard InChI is InChI=1S/C17H20O7/c1-10-13(19)8-17(23,16(21)22)9-14(10)24-15(20)7-4-11-2-5-12(18)6-3-11/h2-7,10,13-14,18-19,23H,8-9H2,1H3,(H,21,22)/b7-4+. The van der Waals surface area contributed by atoms with Gasteiger partial charge < -0.3 is 25.2 Å². The molecule has 4 unspecified atom stereocenters. The van der Waals surface area contributed by atoms with Crippen LogP contribution in [0.25, 0.3) is 6.08 Å². The highest BCUT2D eigenvalue weighted by Crippen LogP contribution is 2.34. The van der Waals surface area contributed by atoms with Crippen LogP contribution in [0.1, 0.15) is 25.3 Å². The maximum Gasteiger partial charge on any atom is 0.335 e. The van der Waals surface area contributed by atoms with Crippen molar-refractivity contribution < 1.29 is 34.8 Å². The van der Waals surface area contributed by atoms with Crippen LogP contribution >= 0.6 is 0 Å². The van der Waals surface area contributed by atoms with E-state index in [1.807, 2.05) is 0 Å². The lowest BCUT2D eigenvalue weighted by Crippen LogP contribution is -2.53. The third kappa shape index (κ3) is 4.12. The summed E-state index contributed by atoms with van der Waals surface area (Å²) < 4.78 is 5.21. The number of rotatable bonds is 4. The second-order valence-electron chi connectivity index (χ2n) is 6.07. The fourth-order valence-corrected chi connectivity index (χ4v) is 2.64. The van der Waals surface area contributed by atoms with Crippen LogP contribution in [0, 0.1) is 5.92 Å². The minimum Gasteiger partial charge on any atom is -0.508 e. The van der Waals surface area contributed by atoms with E-state index in [-0.39, 0.29) is 18.6 Å². The van der Waals surface area contributed by atoms with Gasteiger partial charge in [0.2, 0.25) is 0 Å². The highest BCUT2D eigenvalue weighted by molar-refractivity contribution is 5.87. The first-order valence-electron chi connectivity index (χ1n) is 7.53. The van der Waals surface area contributed by atoms with Crippen molar-refractivity contribution in [3.8, 4) is 5.75 Å². The quantitative estimate of drug-likeness (QED) is 0.476. The number of esters is 1. The van der Waals surface area contributed by atoms with Gasteiger partial charge in [0.25, 0.3) is 0 Å². The molecule has 130 valence electrons. The van der Waals surface area contributed by atoms with Gasteiger partial charge in [0, 0.05) is 24.8 Å². The Kier molecular flexibility index (Phi) is 5.26. The van der Waals surface area contributed by atoms with Crippen LogP contribution in [0.2, 0.25) is 0 Å². The third-order valence-corrected chi connectivity index (χ3v) is 4.25. The summed E-state index contributed by atoms with van der Waals surface area (Å²) >= 11 is 0. The van der Waals surface area contributed by atoms with Crippen LogP contribution in [-0.2, 0) is 14.3 Å². The van der Waals surface area contributed by atoms with Crippen LogP contribution in [0.15, 0.2) is 30.3 Å². The Morgan fingerprint density at radius 3 is 2.46 bits per heavy atom. The van der Waals surface area contributed by atoms with Crippen molar-refractivity contribution in [3.63, 3.8) is 0 Å². The average Bonchev–Trinajstić information content (AvgIpc) is 2.51. The molecular formula is C17H20O7. The smallest absolute Gasteiger partial charge is 0.335 e. The fraction of sp³-hybridized carbons (Fsp3) is 0.412. The van der Waals surface area contributed by atoms with Gasteiger partial charge in [-0.2, -0.15) is 0 Å². The van der Waals surface area contributed by atoms with Gasteiger partial charge >= 0.3 is 11.9 Å². The number of hydrogen-bond acceptors (Lipinski definition) is 6. The van der Waals surface area contributed by atoms with Gasteiger partial charge in [0.1, 0.15) is 11.9 Å². The van der Waals surface area contributed by atoms with E-state index in [0.717, 1.165) is 0 Å². The number of carboxylic acid groups (broad SMARTS) is 1. The lowest BCUT2D eigenvalue weighted by molar-refractivity contribution is -0.185. The first-order chi connectivity index (χ1) is 11.2. The Morgan fingerprint density at radius 2 is 1.88 bits per heavy atom. The topological polar surface area (TPSA) is 124 Å². The number of aliphatic hydroxyl groups excluding tert-OH is 1. The van der Waals surface area contributed by atoms with E-state index in [1.165, 1.54) is 24.3 Å². The summed E-state index contributed by atoms with van der Waals surface area (Å²) in [7, 11) is 0. The number of ether oxygens (including phenoxy) is 1. The summed E-state index contributed by atoms with van der Waals surface area (Å²) in [6, 6.07) is 6.15. The van der Waals surface area contributed by atoms with E-state index < -0.39 is 35.7 Å². The maximum atomic E-state index is 11.9. The molecule has 1 aliphatic carbocycles. The van der Waals surface area contributed by atoms with Crippen molar-refractivity contribution in [1.82, 2.24) is 0 Å². The SMILES string of the molecule is CC1C(O)CC(O)(C(=O)O)CC1OC(=O)/C=C/c1ccc(O)cc1. The summed E-state index contributed by atoms with van der Waals surface area (Å²) in [5.74, 6) is -2.54. The maximum absolute atomic E-state index is 11.9. The number of aromatic hydroxyl groups is 1. The predicted molar refractivity (Wildman–Crippen MR) is 84.0 cm³/mol. The highest BCUT2D eigenvalue weighted by atomic mass is 16.5. The van der Waals surface area contributed by atoms with Crippen LogP contribution in [0.5, 0.6) is 5.75 Å². The molecule has 1 aromatic carbocycles. The Labute approximate surface area is 138 Å². The Hall–Kier alpha value is -2.38. The number of aliphatic carboxylic acids is 1. The van der Waals surface area contributed by atoms with E-state index >= 15 is 0 Å². The Morgan fingerprint density at radius 1 is 1.25 bits per heavy atom. The van der Waals surface area contributed by atoms with Crippen LogP contribution < -0.4 is 0 Å². The second kappa shape index (κ2) is 7.02. The number of carbonyl (C=O) groups excluding carboxylic acids is 1. The monoisotopic (exact) mass is 336 g/mol. The third-order valence-electron chi connectivity index (χ3n) is 4.25. The highest BCUT2D eigenvalue weighted by Gasteiger charge is 2.49.